The highest BCUT2D eigenvalue weighted by atomic mass is 16.3. The van der Waals surface area contributed by atoms with Gasteiger partial charge >= 0.3 is 0 Å². The fraction of sp³-hybridized carbons (Fsp3) is 0.0149. The maximum Gasteiger partial charge on any atom is 0.135 e. The predicted molar refractivity (Wildman–Crippen MR) is 290 cm³/mol. The Hall–Kier alpha value is -8.78. The van der Waals surface area contributed by atoms with E-state index in [-0.39, 0.29) is 0 Å². The number of furan rings is 1. The van der Waals surface area contributed by atoms with E-state index >= 15 is 0 Å². The molecule has 0 aliphatic heterocycles. The summed E-state index contributed by atoms with van der Waals surface area (Å²) in [6.45, 7) is 3.96. The summed E-state index contributed by atoms with van der Waals surface area (Å²) in [5, 5.41) is 9.65. The van der Waals surface area contributed by atoms with E-state index in [0.717, 1.165) is 39.2 Å². The van der Waals surface area contributed by atoms with Crippen LogP contribution in [-0.4, -0.2) is 0 Å². The highest BCUT2D eigenvalue weighted by molar-refractivity contribution is 6.22. The molecule has 320 valence electrons. The number of benzene rings is 11. The first-order valence-corrected chi connectivity index (χ1v) is 23.4. The number of rotatable bonds is 9. The zero-order valence-electron chi connectivity index (χ0n) is 37.6. The van der Waals surface area contributed by atoms with Crippen LogP contribution in [0.5, 0.6) is 0 Å². The maximum absolute atomic E-state index is 6.25. The van der Waals surface area contributed by atoms with Crippen molar-refractivity contribution < 1.29 is 4.42 Å². The zero-order chi connectivity index (χ0) is 45.4. The van der Waals surface area contributed by atoms with Crippen LogP contribution in [-0.2, 0) is 6.42 Å². The van der Waals surface area contributed by atoms with Crippen molar-refractivity contribution >= 4 is 55.4 Å². The number of hydrogen-bond acceptors (Lipinski definition) is 1. The van der Waals surface area contributed by atoms with E-state index in [0.29, 0.717) is 0 Å². The summed E-state index contributed by atoms with van der Waals surface area (Å²) in [7, 11) is 0. The zero-order valence-corrected chi connectivity index (χ0v) is 37.6. The fourth-order valence-corrected chi connectivity index (χ4v) is 10.4. The third-order valence-corrected chi connectivity index (χ3v) is 13.5. The molecule has 0 aliphatic rings. The van der Waals surface area contributed by atoms with E-state index in [9.17, 15) is 0 Å². The molecule has 0 amide bonds. The molecule has 0 spiro atoms. The molecular weight excluding hydrogens is 821 g/mol. The number of fused-ring (bicyclic) bond motifs is 4. The smallest absolute Gasteiger partial charge is 0.135 e. The highest BCUT2D eigenvalue weighted by Crippen LogP contribution is 2.47. The lowest BCUT2D eigenvalue weighted by Gasteiger charge is -2.20. The first-order valence-electron chi connectivity index (χ1n) is 23.4. The van der Waals surface area contributed by atoms with Crippen molar-refractivity contribution in [1.29, 1.82) is 0 Å². The minimum absolute atomic E-state index is 0.741. The number of para-hydroxylation sites is 1. The predicted octanol–water partition coefficient (Wildman–Crippen LogP) is 16.9. The molecule has 1 heteroatoms. The second kappa shape index (κ2) is 17.5. The molecule has 0 saturated heterocycles. The van der Waals surface area contributed by atoms with Gasteiger partial charge in [0, 0.05) is 10.6 Å². The van der Waals surface area contributed by atoms with Crippen molar-refractivity contribution in [2.24, 2.45) is 0 Å². The second-order valence-electron chi connectivity index (χ2n) is 17.5. The Labute approximate surface area is 396 Å². The van der Waals surface area contributed by atoms with Gasteiger partial charge in [0.2, 0.25) is 0 Å². The van der Waals surface area contributed by atoms with Crippen LogP contribution in [0.25, 0.3) is 122 Å². The molecule has 68 heavy (non-hydrogen) atoms. The van der Waals surface area contributed by atoms with Gasteiger partial charge in [-0.3, -0.25) is 0 Å². The Morgan fingerprint density at radius 3 is 1.57 bits per heavy atom. The van der Waals surface area contributed by atoms with Crippen molar-refractivity contribution in [2.75, 3.05) is 0 Å². The average Bonchev–Trinajstić information content (AvgIpc) is 3.76. The minimum Gasteiger partial charge on any atom is -0.456 e. The van der Waals surface area contributed by atoms with E-state index in [1.54, 1.807) is 6.08 Å². The molecule has 1 heterocycles. The lowest BCUT2D eigenvalue weighted by atomic mass is 9.83. The topological polar surface area (TPSA) is 13.1 Å². The van der Waals surface area contributed by atoms with Crippen LogP contribution in [0.15, 0.2) is 254 Å². The minimum atomic E-state index is 0.741. The van der Waals surface area contributed by atoms with Crippen molar-refractivity contribution in [3.05, 3.63) is 265 Å². The SMILES string of the molecule is C=C/C=c1/oc2ccccc2/c1=C/Cc1cccc(-c2cc(-c3cccc(-c4c5ccccc5c(-c5ccc6ccccc6c5)c5ccccc45)c3)cc(-c3ccccc3)c2-c2ccccc2)c1. The van der Waals surface area contributed by atoms with Gasteiger partial charge in [0.15, 0.2) is 0 Å². The Morgan fingerprint density at radius 2 is 0.882 bits per heavy atom. The van der Waals surface area contributed by atoms with Crippen LogP contribution in [0, 0.1) is 0 Å². The molecule has 11 aromatic carbocycles. The molecule has 1 aromatic heterocycles. The van der Waals surface area contributed by atoms with Gasteiger partial charge in [-0.25, -0.2) is 0 Å². The van der Waals surface area contributed by atoms with E-state index in [2.05, 4.69) is 237 Å². The summed E-state index contributed by atoms with van der Waals surface area (Å²) >= 11 is 0. The largest absolute Gasteiger partial charge is 0.456 e. The molecule has 0 N–H and O–H groups in total. The quantitative estimate of drug-likeness (QED) is 0.132. The highest BCUT2D eigenvalue weighted by Gasteiger charge is 2.20. The van der Waals surface area contributed by atoms with Gasteiger partial charge in [0.05, 0.1) is 0 Å². The van der Waals surface area contributed by atoms with Crippen molar-refractivity contribution in [1.82, 2.24) is 0 Å². The Balaban J connectivity index is 1.05. The first kappa shape index (κ1) is 40.7. The molecule has 12 rings (SSSR count). The van der Waals surface area contributed by atoms with E-state index in [1.807, 2.05) is 18.2 Å². The van der Waals surface area contributed by atoms with E-state index in [4.69, 9.17) is 4.42 Å². The van der Waals surface area contributed by atoms with Crippen LogP contribution in [0.4, 0.5) is 0 Å². The summed E-state index contributed by atoms with van der Waals surface area (Å²) in [4.78, 5) is 0. The average molecular weight is 867 g/mol. The van der Waals surface area contributed by atoms with Gasteiger partial charge in [-0.05, 0) is 147 Å². The molecule has 0 bridgehead atoms. The number of hydrogen-bond donors (Lipinski definition) is 0. The van der Waals surface area contributed by atoms with Crippen LogP contribution < -0.4 is 10.6 Å². The monoisotopic (exact) mass is 866 g/mol. The van der Waals surface area contributed by atoms with Gasteiger partial charge < -0.3 is 4.42 Å². The Kier molecular flexibility index (Phi) is 10.5. The summed E-state index contributed by atoms with van der Waals surface area (Å²) in [6, 6.07) is 86.4. The van der Waals surface area contributed by atoms with Crippen molar-refractivity contribution in [3.63, 3.8) is 0 Å². The lowest BCUT2D eigenvalue weighted by molar-refractivity contribution is 0.575. The summed E-state index contributed by atoms with van der Waals surface area (Å²) in [6.07, 6.45) is 6.77. The van der Waals surface area contributed by atoms with E-state index < -0.39 is 0 Å². The van der Waals surface area contributed by atoms with Crippen LogP contribution in [0.1, 0.15) is 5.56 Å². The van der Waals surface area contributed by atoms with Crippen LogP contribution in [0.3, 0.4) is 0 Å². The molecule has 0 unspecified atom stereocenters. The van der Waals surface area contributed by atoms with Gasteiger partial charge in [0.1, 0.15) is 11.0 Å². The van der Waals surface area contributed by atoms with Crippen molar-refractivity contribution in [3.8, 4) is 66.8 Å². The first-order chi connectivity index (χ1) is 33.7. The molecule has 12 aromatic rings. The molecule has 0 radical (unpaired) electrons. The van der Waals surface area contributed by atoms with Gasteiger partial charge in [-0.2, -0.15) is 0 Å². The van der Waals surface area contributed by atoms with Crippen LogP contribution in [0.2, 0.25) is 0 Å². The molecule has 0 fully saturated rings. The maximum atomic E-state index is 6.25. The summed E-state index contributed by atoms with van der Waals surface area (Å²) in [5.41, 5.74) is 17.3. The standard InChI is InChI=1S/C67H46O/c1-2-19-63-56(55-30-15-16-35-64(55)68-63)39-36-45-20-17-28-51(40-45)62-44-54(43-61(47-22-5-3-6-23-47)65(62)48-24-7-4-8-25-48)50-27-18-29-52(42-50)66-57-31-11-13-33-59(57)67(60-34-14-12-32-58(60)66)53-38-37-46-21-9-10-26-49(46)41-53/h2-35,37-44H,1,36H2/b56-39-,63-19+. The van der Waals surface area contributed by atoms with E-state index in [1.165, 1.54) is 93.5 Å². The Morgan fingerprint density at radius 1 is 0.353 bits per heavy atom. The third kappa shape index (κ3) is 7.41. The molecule has 1 nitrogen and oxygen atoms in total. The second-order valence-corrected chi connectivity index (χ2v) is 17.5. The van der Waals surface area contributed by atoms with Gasteiger partial charge in [0.25, 0.3) is 0 Å². The Bertz CT molecular complexity index is 3950. The normalized spacial score (nSPS) is 12.1. The summed E-state index contributed by atoms with van der Waals surface area (Å²) < 4.78 is 6.25. The molecular formula is C67H46O. The summed E-state index contributed by atoms with van der Waals surface area (Å²) in [5.74, 6) is 0. The fourth-order valence-electron chi connectivity index (χ4n) is 10.4. The van der Waals surface area contributed by atoms with Gasteiger partial charge in [-0.1, -0.05) is 225 Å². The van der Waals surface area contributed by atoms with Gasteiger partial charge in [-0.15, -0.1) is 0 Å². The van der Waals surface area contributed by atoms with Crippen molar-refractivity contribution in [2.45, 2.75) is 6.42 Å². The molecule has 0 saturated carbocycles. The van der Waals surface area contributed by atoms with Crippen LogP contribution >= 0.6 is 0 Å². The number of allylic oxidation sites excluding steroid dienone is 1. The lowest BCUT2D eigenvalue weighted by Crippen LogP contribution is -2.19. The molecule has 0 aliphatic carbocycles. The molecule has 0 atom stereocenters. The third-order valence-electron chi connectivity index (χ3n) is 13.5.